The third-order valence-corrected chi connectivity index (χ3v) is 3.94. The quantitative estimate of drug-likeness (QED) is 0.552. The molecule has 0 unspecified atom stereocenters. The summed E-state index contributed by atoms with van der Waals surface area (Å²) < 4.78 is 0. The van der Waals surface area contributed by atoms with Crippen LogP contribution in [0, 0.1) is 17.3 Å². The fourth-order valence-corrected chi connectivity index (χ4v) is 2.90. The van der Waals surface area contributed by atoms with E-state index >= 15 is 0 Å². The molecule has 0 aromatic rings. The molecule has 2 aliphatic carbocycles. The summed E-state index contributed by atoms with van der Waals surface area (Å²) >= 11 is 0. The van der Waals surface area contributed by atoms with Crippen LogP contribution in [0.5, 0.6) is 0 Å². The lowest BCUT2D eigenvalue weighted by molar-refractivity contribution is -0.120. The van der Waals surface area contributed by atoms with Crippen molar-refractivity contribution >= 4 is 5.78 Å². The molecule has 0 amide bonds. The molecule has 0 radical (unpaired) electrons. The molecule has 0 fully saturated rings. The minimum atomic E-state index is 0.231. The second kappa shape index (κ2) is 3.62. The maximum absolute atomic E-state index is 11.9. The molecule has 0 spiro atoms. The average Bonchev–Trinajstić information content (AvgIpc) is 2.26. The minimum Gasteiger partial charge on any atom is -0.295 e. The van der Waals surface area contributed by atoms with Gasteiger partial charge in [-0.15, -0.1) is 0 Å². The Bertz CT molecular complexity index is 333. The average molecular weight is 204 g/mol. The van der Waals surface area contributed by atoms with Gasteiger partial charge in [-0.25, -0.2) is 0 Å². The van der Waals surface area contributed by atoms with E-state index in [1.165, 1.54) is 5.57 Å². The van der Waals surface area contributed by atoms with Crippen molar-refractivity contribution in [2.24, 2.45) is 17.3 Å². The second-order valence-electron chi connectivity index (χ2n) is 5.68. The molecule has 15 heavy (non-hydrogen) atoms. The number of fused-ring (bicyclic) bond motifs is 1. The van der Waals surface area contributed by atoms with Gasteiger partial charge in [0.05, 0.1) is 0 Å². The Balaban J connectivity index is 2.38. The third-order valence-electron chi connectivity index (χ3n) is 3.94. The predicted octanol–water partition coefficient (Wildman–Crippen LogP) is 3.51. The van der Waals surface area contributed by atoms with Crippen molar-refractivity contribution in [1.29, 1.82) is 0 Å². The molecular formula is C14H20O. The van der Waals surface area contributed by atoms with Gasteiger partial charge in [0.25, 0.3) is 0 Å². The van der Waals surface area contributed by atoms with Gasteiger partial charge in [0.2, 0.25) is 0 Å². The standard InChI is InChI=1S/C14H20O/c1-10-6-7-11-12(9-10)14(2,3)8-4-5-13(11)15/h4-5,9,11-12H,6-8H2,1-3H3/t11-,12+/m1/s1. The van der Waals surface area contributed by atoms with E-state index in [1.807, 2.05) is 0 Å². The summed E-state index contributed by atoms with van der Waals surface area (Å²) in [7, 11) is 0. The van der Waals surface area contributed by atoms with Crippen LogP contribution in [0.4, 0.5) is 0 Å². The topological polar surface area (TPSA) is 17.1 Å². The van der Waals surface area contributed by atoms with Crippen LogP contribution in [-0.2, 0) is 4.79 Å². The number of allylic oxidation sites excluding steroid dienone is 4. The first-order valence-corrected chi connectivity index (χ1v) is 5.88. The lowest BCUT2D eigenvalue weighted by Crippen LogP contribution is -2.33. The van der Waals surface area contributed by atoms with Crippen molar-refractivity contribution in [1.82, 2.24) is 0 Å². The van der Waals surface area contributed by atoms with Crippen LogP contribution in [0.25, 0.3) is 0 Å². The van der Waals surface area contributed by atoms with Crippen molar-refractivity contribution in [3.8, 4) is 0 Å². The van der Waals surface area contributed by atoms with Gasteiger partial charge in [-0.05, 0) is 43.6 Å². The van der Waals surface area contributed by atoms with E-state index in [0.717, 1.165) is 19.3 Å². The molecule has 1 heteroatoms. The number of ketones is 1. The van der Waals surface area contributed by atoms with E-state index in [1.54, 1.807) is 6.08 Å². The predicted molar refractivity (Wildman–Crippen MR) is 62.5 cm³/mol. The van der Waals surface area contributed by atoms with Gasteiger partial charge >= 0.3 is 0 Å². The largest absolute Gasteiger partial charge is 0.295 e. The zero-order valence-corrected chi connectivity index (χ0v) is 9.92. The first kappa shape index (κ1) is 10.7. The highest BCUT2D eigenvalue weighted by Gasteiger charge is 2.39. The molecule has 0 saturated carbocycles. The van der Waals surface area contributed by atoms with Gasteiger partial charge in [-0.2, -0.15) is 0 Å². The molecule has 0 N–H and O–H groups in total. The number of hydrogen-bond acceptors (Lipinski definition) is 1. The molecule has 0 aromatic carbocycles. The van der Waals surface area contributed by atoms with Crippen molar-refractivity contribution in [2.75, 3.05) is 0 Å². The van der Waals surface area contributed by atoms with E-state index in [4.69, 9.17) is 0 Å². The van der Waals surface area contributed by atoms with Gasteiger partial charge in [-0.1, -0.05) is 31.6 Å². The number of hydrogen-bond donors (Lipinski definition) is 0. The summed E-state index contributed by atoms with van der Waals surface area (Å²) in [6.45, 7) is 6.75. The minimum absolute atomic E-state index is 0.231. The highest BCUT2D eigenvalue weighted by Crippen LogP contribution is 2.44. The molecule has 0 bridgehead atoms. The molecule has 2 aliphatic rings. The Morgan fingerprint density at radius 2 is 2.13 bits per heavy atom. The van der Waals surface area contributed by atoms with Gasteiger partial charge in [0.1, 0.15) is 0 Å². The Labute approximate surface area is 92.3 Å². The van der Waals surface area contributed by atoms with Gasteiger partial charge in [0, 0.05) is 5.92 Å². The Morgan fingerprint density at radius 1 is 1.40 bits per heavy atom. The first-order chi connectivity index (χ1) is 7.00. The highest BCUT2D eigenvalue weighted by molar-refractivity contribution is 5.92. The van der Waals surface area contributed by atoms with Crippen LogP contribution in [-0.4, -0.2) is 5.78 Å². The number of rotatable bonds is 0. The monoisotopic (exact) mass is 204 g/mol. The van der Waals surface area contributed by atoms with E-state index in [9.17, 15) is 4.79 Å². The van der Waals surface area contributed by atoms with E-state index in [2.05, 4.69) is 32.9 Å². The summed E-state index contributed by atoms with van der Waals surface area (Å²) in [5, 5.41) is 0. The van der Waals surface area contributed by atoms with Crippen molar-refractivity contribution in [2.45, 2.75) is 40.0 Å². The Kier molecular flexibility index (Phi) is 2.57. The van der Waals surface area contributed by atoms with E-state index < -0.39 is 0 Å². The molecular weight excluding hydrogens is 184 g/mol. The second-order valence-corrected chi connectivity index (χ2v) is 5.68. The van der Waals surface area contributed by atoms with Crippen LogP contribution in [0.15, 0.2) is 23.8 Å². The first-order valence-electron chi connectivity index (χ1n) is 5.88. The molecule has 2 rings (SSSR count). The molecule has 0 aromatic heterocycles. The van der Waals surface area contributed by atoms with Gasteiger partial charge in [0.15, 0.2) is 5.78 Å². The fourth-order valence-electron chi connectivity index (χ4n) is 2.90. The summed E-state index contributed by atoms with van der Waals surface area (Å²) in [5.41, 5.74) is 1.69. The zero-order chi connectivity index (χ0) is 11.1. The fraction of sp³-hybridized carbons (Fsp3) is 0.643. The maximum Gasteiger partial charge on any atom is 0.159 e. The Hall–Kier alpha value is -0.850. The van der Waals surface area contributed by atoms with Crippen molar-refractivity contribution < 1.29 is 4.79 Å². The molecule has 0 saturated heterocycles. The van der Waals surface area contributed by atoms with Crippen LogP contribution >= 0.6 is 0 Å². The molecule has 2 atom stereocenters. The smallest absolute Gasteiger partial charge is 0.159 e. The van der Waals surface area contributed by atoms with E-state index in [-0.39, 0.29) is 11.3 Å². The molecule has 0 heterocycles. The lowest BCUT2D eigenvalue weighted by atomic mass is 9.66. The van der Waals surface area contributed by atoms with Crippen LogP contribution in [0.1, 0.15) is 40.0 Å². The van der Waals surface area contributed by atoms with E-state index in [0.29, 0.717) is 11.7 Å². The number of carbonyl (C=O) groups is 1. The summed E-state index contributed by atoms with van der Waals surface area (Å²) in [6, 6.07) is 0. The molecule has 0 aliphatic heterocycles. The van der Waals surface area contributed by atoms with Crippen LogP contribution in [0.3, 0.4) is 0 Å². The summed E-state index contributed by atoms with van der Waals surface area (Å²) in [6.07, 6.45) is 9.36. The normalized spacial score (nSPS) is 34.3. The molecule has 82 valence electrons. The zero-order valence-electron chi connectivity index (χ0n) is 9.92. The van der Waals surface area contributed by atoms with Crippen LogP contribution in [0.2, 0.25) is 0 Å². The highest BCUT2D eigenvalue weighted by atomic mass is 16.1. The molecule has 1 nitrogen and oxygen atoms in total. The SMILES string of the molecule is CC1=C[C@H]2[C@@H](CC1)C(=O)C=CCC2(C)C. The van der Waals surface area contributed by atoms with Gasteiger partial charge < -0.3 is 0 Å². The summed E-state index contributed by atoms with van der Waals surface area (Å²) in [5.74, 6) is 1.02. The van der Waals surface area contributed by atoms with Crippen molar-refractivity contribution in [3.63, 3.8) is 0 Å². The summed E-state index contributed by atoms with van der Waals surface area (Å²) in [4.78, 5) is 11.9. The lowest BCUT2D eigenvalue weighted by Gasteiger charge is -2.38. The third kappa shape index (κ3) is 1.92. The van der Waals surface area contributed by atoms with Gasteiger partial charge in [-0.3, -0.25) is 4.79 Å². The number of carbonyl (C=O) groups excluding carboxylic acids is 1. The van der Waals surface area contributed by atoms with Crippen LogP contribution < -0.4 is 0 Å². The maximum atomic E-state index is 11.9. The van der Waals surface area contributed by atoms with Crippen molar-refractivity contribution in [3.05, 3.63) is 23.8 Å². The Morgan fingerprint density at radius 3 is 2.87 bits per heavy atom.